The summed E-state index contributed by atoms with van der Waals surface area (Å²) in [5.41, 5.74) is 1.01. The minimum Gasteiger partial charge on any atom is -0.480 e. The second-order valence-corrected chi connectivity index (χ2v) is 9.06. The quantitative estimate of drug-likeness (QED) is 0.552. The monoisotopic (exact) mass is 471 g/mol. The first-order chi connectivity index (χ1) is 16.4. The molecule has 2 bridgehead atoms. The molecule has 0 spiro atoms. The molecule has 1 aliphatic heterocycles. The Morgan fingerprint density at radius 2 is 1.85 bits per heavy atom. The van der Waals surface area contributed by atoms with Crippen LogP contribution in [0.4, 0.5) is 20.4 Å². The lowest BCUT2D eigenvalue weighted by Gasteiger charge is -2.39. The maximum absolute atomic E-state index is 13.6. The van der Waals surface area contributed by atoms with Gasteiger partial charge in [-0.05, 0) is 50.7 Å². The van der Waals surface area contributed by atoms with Gasteiger partial charge in [-0.3, -0.25) is 0 Å². The van der Waals surface area contributed by atoms with Crippen LogP contribution in [0.2, 0.25) is 0 Å². The van der Waals surface area contributed by atoms with E-state index in [0.717, 1.165) is 43.8 Å². The number of hydrogen-bond donors (Lipinski definition) is 1. The summed E-state index contributed by atoms with van der Waals surface area (Å²) in [4.78, 5) is 6.85. The molecule has 34 heavy (non-hydrogen) atoms. The highest BCUT2D eigenvalue weighted by Gasteiger charge is 2.43. The molecule has 2 aliphatic rings. The van der Waals surface area contributed by atoms with E-state index in [-0.39, 0.29) is 23.8 Å². The lowest BCUT2D eigenvalue weighted by Crippen LogP contribution is -2.48. The van der Waals surface area contributed by atoms with Crippen molar-refractivity contribution >= 4 is 11.6 Å². The molecule has 9 nitrogen and oxygen atoms in total. The van der Waals surface area contributed by atoms with E-state index in [2.05, 4.69) is 30.5 Å². The van der Waals surface area contributed by atoms with Crippen LogP contribution in [0, 0.1) is 23.5 Å². The van der Waals surface area contributed by atoms with Crippen molar-refractivity contribution in [3.63, 3.8) is 0 Å². The van der Waals surface area contributed by atoms with E-state index in [9.17, 15) is 8.78 Å². The molecule has 2 fully saturated rings. The highest BCUT2D eigenvalue weighted by molar-refractivity contribution is 5.48. The molecule has 3 atom stereocenters. The van der Waals surface area contributed by atoms with Crippen LogP contribution in [0.5, 0.6) is 17.6 Å². The number of rotatable bonds is 7. The molecule has 1 saturated carbocycles. The highest BCUT2D eigenvalue weighted by Crippen LogP contribution is 2.40. The highest BCUT2D eigenvalue weighted by atomic mass is 19.2. The zero-order valence-electron chi connectivity index (χ0n) is 19.3. The Morgan fingerprint density at radius 3 is 2.53 bits per heavy atom. The smallest absolute Gasteiger partial charge is 0.322 e. The van der Waals surface area contributed by atoms with E-state index in [1.165, 1.54) is 6.07 Å². The van der Waals surface area contributed by atoms with Crippen LogP contribution in [0.25, 0.3) is 0 Å². The second-order valence-electron chi connectivity index (χ2n) is 9.06. The van der Waals surface area contributed by atoms with Gasteiger partial charge in [-0.25, -0.2) is 13.5 Å². The Kier molecular flexibility index (Phi) is 5.93. The largest absolute Gasteiger partial charge is 0.480 e. The van der Waals surface area contributed by atoms with Gasteiger partial charge in [0.15, 0.2) is 11.6 Å². The summed E-state index contributed by atoms with van der Waals surface area (Å²) in [6, 6.07) is 5.73. The molecule has 3 aromatic rings. The first-order valence-electron chi connectivity index (χ1n) is 11.4. The number of fused-ring (bicyclic) bond motifs is 2. The number of methoxy groups -OCH3 is 1. The molecule has 1 aliphatic carbocycles. The number of halogens is 2. The van der Waals surface area contributed by atoms with E-state index >= 15 is 0 Å². The molecule has 1 saturated heterocycles. The zero-order chi connectivity index (χ0) is 23.8. The molecule has 0 amide bonds. The third kappa shape index (κ3) is 4.34. The molecular weight excluding hydrogens is 444 g/mol. The molecule has 0 unspecified atom stereocenters. The first kappa shape index (κ1) is 22.3. The minimum atomic E-state index is -0.975. The third-order valence-corrected chi connectivity index (χ3v) is 6.51. The molecule has 5 rings (SSSR count). The Bertz CT molecular complexity index is 1160. The second kappa shape index (κ2) is 9.03. The number of aromatic nitrogens is 5. The summed E-state index contributed by atoms with van der Waals surface area (Å²) < 4.78 is 39.5. The number of ether oxygens (including phenoxy) is 2. The van der Waals surface area contributed by atoms with Crippen molar-refractivity contribution in [1.82, 2.24) is 25.0 Å². The fourth-order valence-electron chi connectivity index (χ4n) is 4.85. The predicted molar refractivity (Wildman–Crippen MR) is 121 cm³/mol. The average Bonchev–Trinajstić information content (AvgIpc) is 3.32. The summed E-state index contributed by atoms with van der Waals surface area (Å²) in [5, 5.41) is 16.1. The first-order valence-corrected chi connectivity index (χ1v) is 11.4. The van der Waals surface area contributed by atoms with Crippen LogP contribution in [-0.4, -0.2) is 51.2 Å². The summed E-state index contributed by atoms with van der Waals surface area (Å²) in [6.07, 6.45) is 3.98. The van der Waals surface area contributed by atoms with Crippen LogP contribution >= 0.6 is 0 Å². The van der Waals surface area contributed by atoms with Gasteiger partial charge in [-0.2, -0.15) is 10.1 Å². The van der Waals surface area contributed by atoms with Gasteiger partial charge in [0.05, 0.1) is 25.0 Å². The van der Waals surface area contributed by atoms with Crippen molar-refractivity contribution in [1.29, 1.82) is 0 Å². The van der Waals surface area contributed by atoms with Crippen LogP contribution in [0.15, 0.2) is 30.5 Å². The standard InChI is InChI=1S/C23H27F2N7O2/c1-13(2)32-23(34-17-6-7-18(24)19(25)9-17)28-22(30-32)27-21-14-4-5-15(21)12-31(11-14)16-8-20(33-3)29-26-10-16/h6-10,13-15,21H,4-5,11-12H2,1-3H3,(H,27,30)/t14-,15+,21+. The molecule has 3 heterocycles. The molecular formula is C23H27F2N7O2. The van der Waals surface area contributed by atoms with Crippen LogP contribution in [0.1, 0.15) is 32.7 Å². The maximum atomic E-state index is 13.6. The minimum absolute atomic E-state index is 0.0314. The van der Waals surface area contributed by atoms with Crippen molar-refractivity contribution < 1.29 is 18.3 Å². The van der Waals surface area contributed by atoms with Gasteiger partial charge in [0.25, 0.3) is 0 Å². The Labute approximate surface area is 196 Å². The fourth-order valence-corrected chi connectivity index (χ4v) is 4.85. The van der Waals surface area contributed by atoms with Gasteiger partial charge in [0.1, 0.15) is 5.75 Å². The summed E-state index contributed by atoms with van der Waals surface area (Å²) in [7, 11) is 1.58. The molecule has 180 valence electrons. The number of piperidine rings is 1. The van der Waals surface area contributed by atoms with Crippen LogP contribution < -0.4 is 19.7 Å². The van der Waals surface area contributed by atoms with Crippen molar-refractivity contribution in [2.45, 2.75) is 38.8 Å². The number of nitrogens with one attached hydrogen (secondary N) is 1. The van der Waals surface area contributed by atoms with E-state index in [1.807, 2.05) is 19.9 Å². The van der Waals surface area contributed by atoms with Gasteiger partial charge < -0.3 is 19.7 Å². The van der Waals surface area contributed by atoms with E-state index < -0.39 is 11.6 Å². The van der Waals surface area contributed by atoms with E-state index in [1.54, 1.807) is 18.0 Å². The van der Waals surface area contributed by atoms with Gasteiger partial charge in [-0.1, -0.05) is 0 Å². The molecule has 1 aromatic carbocycles. The number of hydrogen-bond acceptors (Lipinski definition) is 8. The summed E-state index contributed by atoms with van der Waals surface area (Å²) in [6.45, 7) is 5.67. The number of anilines is 2. The lowest BCUT2D eigenvalue weighted by atomic mass is 9.92. The molecule has 2 aromatic heterocycles. The Hall–Kier alpha value is -3.50. The molecule has 11 heteroatoms. The van der Waals surface area contributed by atoms with Crippen molar-refractivity contribution in [3.8, 4) is 17.6 Å². The normalized spacial score (nSPS) is 21.7. The maximum Gasteiger partial charge on any atom is 0.322 e. The van der Waals surface area contributed by atoms with Gasteiger partial charge in [-0.15, -0.1) is 10.2 Å². The zero-order valence-corrected chi connectivity index (χ0v) is 19.3. The lowest BCUT2D eigenvalue weighted by molar-refractivity contribution is 0.371. The van der Waals surface area contributed by atoms with Crippen LogP contribution in [-0.2, 0) is 0 Å². The van der Waals surface area contributed by atoms with Gasteiger partial charge >= 0.3 is 6.01 Å². The Balaban J connectivity index is 1.32. The predicted octanol–water partition coefficient (Wildman–Crippen LogP) is 4.06. The average molecular weight is 472 g/mol. The topological polar surface area (TPSA) is 90.2 Å². The van der Waals surface area contributed by atoms with Gasteiger partial charge in [0, 0.05) is 31.3 Å². The van der Waals surface area contributed by atoms with Crippen molar-refractivity contribution in [3.05, 3.63) is 42.1 Å². The van der Waals surface area contributed by atoms with E-state index in [4.69, 9.17) is 9.47 Å². The van der Waals surface area contributed by atoms with Crippen molar-refractivity contribution in [2.24, 2.45) is 11.8 Å². The molecule has 1 N–H and O–H groups in total. The van der Waals surface area contributed by atoms with Crippen molar-refractivity contribution in [2.75, 3.05) is 30.4 Å². The van der Waals surface area contributed by atoms with Crippen LogP contribution in [0.3, 0.4) is 0 Å². The van der Waals surface area contributed by atoms with E-state index in [0.29, 0.717) is 23.7 Å². The number of benzene rings is 1. The van der Waals surface area contributed by atoms with Gasteiger partial charge in [0.2, 0.25) is 11.8 Å². The Morgan fingerprint density at radius 1 is 1.09 bits per heavy atom. The fraction of sp³-hybridized carbons (Fsp3) is 0.478. The number of nitrogens with zero attached hydrogens (tertiary/aromatic N) is 6. The summed E-state index contributed by atoms with van der Waals surface area (Å²) >= 11 is 0. The molecule has 0 radical (unpaired) electrons. The third-order valence-electron chi connectivity index (χ3n) is 6.51. The SMILES string of the molecule is COc1cc(N2C[C@H]3CC[C@@H](C2)[C@H]3Nc2nc(Oc3ccc(F)c(F)c3)n(C(C)C)n2)cnn1. The summed E-state index contributed by atoms with van der Waals surface area (Å²) in [5.74, 6) is 0.0593.